The van der Waals surface area contributed by atoms with Gasteiger partial charge < -0.3 is 0 Å². The second-order valence-corrected chi connectivity index (χ2v) is 2.77. The van der Waals surface area contributed by atoms with Crippen molar-refractivity contribution in [1.82, 2.24) is 30.0 Å². The Morgan fingerprint density at radius 3 is 2.47 bits per heavy atom. The van der Waals surface area contributed by atoms with E-state index in [1.807, 2.05) is 0 Å². The Balaban J connectivity index is 2.42. The Morgan fingerprint density at radius 1 is 1.29 bits per heavy atom. The Bertz CT molecular complexity index is 543. The van der Waals surface area contributed by atoms with Gasteiger partial charge in [-0.2, -0.15) is 22.2 Å². The lowest BCUT2D eigenvalue weighted by Gasteiger charge is -2.01. The molecule has 0 spiro atoms. The highest BCUT2D eigenvalue weighted by atomic mass is 19.4. The van der Waals surface area contributed by atoms with E-state index in [0.29, 0.717) is 4.68 Å². The zero-order valence-electron chi connectivity index (χ0n) is 7.76. The fourth-order valence-electron chi connectivity index (χ4n) is 0.973. The third kappa shape index (κ3) is 1.86. The average molecular weight is 250 g/mol. The van der Waals surface area contributed by atoms with Gasteiger partial charge >= 0.3 is 12.2 Å². The minimum absolute atomic E-state index is 0.155. The number of hydrogen-bond acceptors (Lipinski definition) is 5. The molecule has 0 atom stereocenters. The van der Waals surface area contributed by atoms with Gasteiger partial charge in [0.05, 0.1) is 12.4 Å². The standard InChI is InChI=1S/C6H2F4N6O/c7-4-3(6(8,9)10)12-14-16(4)5(17)15-2-1-11-13-15/h1-2H. The summed E-state index contributed by atoms with van der Waals surface area (Å²) in [6.07, 6.45) is -2.90. The lowest BCUT2D eigenvalue weighted by molar-refractivity contribution is -0.143. The van der Waals surface area contributed by atoms with Crippen LogP contribution >= 0.6 is 0 Å². The summed E-state index contributed by atoms with van der Waals surface area (Å²) in [6, 6.07) is -1.26. The highest BCUT2D eigenvalue weighted by molar-refractivity contribution is 5.77. The molecule has 7 nitrogen and oxygen atoms in total. The molecule has 0 saturated heterocycles. The van der Waals surface area contributed by atoms with Gasteiger partial charge in [-0.1, -0.05) is 10.4 Å². The van der Waals surface area contributed by atoms with Crippen LogP contribution < -0.4 is 0 Å². The molecule has 0 aliphatic heterocycles. The molecule has 17 heavy (non-hydrogen) atoms. The number of carbonyl (C=O) groups excluding carboxylic acids is 1. The highest BCUT2D eigenvalue weighted by Gasteiger charge is 2.40. The smallest absolute Gasteiger partial charge is 0.243 e. The van der Waals surface area contributed by atoms with Crippen LogP contribution in [0.4, 0.5) is 22.4 Å². The van der Waals surface area contributed by atoms with Gasteiger partial charge in [-0.05, 0) is 0 Å². The van der Waals surface area contributed by atoms with E-state index in [1.165, 1.54) is 0 Å². The Morgan fingerprint density at radius 2 is 2.00 bits per heavy atom. The number of nitrogens with zero attached hydrogens (tertiary/aromatic N) is 6. The number of rotatable bonds is 0. The predicted molar refractivity (Wildman–Crippen MR) is 41.2 cm³/mol. The van der Waals surface area contributed by atoms with Crippen LogP contribution in [0.1, 0.15) is 5.69 Å². The van der Waals surface area contributed by atoms with Gasteiger partial charge in [0.25, 0.3) is 5.95 Å². The molecular weight excluding hydrogens is 248 g/mol. The van der Waals surface area contributed by atoms with Crippen molar-refractivity contribution in [3.05, 3.63) is 24.0 Å². The molecule has 2 aromatic rings. The number of halogens is 4. The summed E-state index contributed by atoms with van der Waals surface area (Å²) in [4.78, 5) is 11.4. The van der Waals surface area contributed by atoms with Gasteiger partial charge in [-0.15, -0.1) is 14.9 Å². The van der Waals surface area contributed by atoms with E-state index in [2.05, 4.69) is 20.6 Å². The first-order valence-electron chi connectivity index (χ1n) is 4.00. The molecule has 0 saturated carbocycles. The maximum atomic E-state index is 13.2. The summed E-state index contributed by atoms with van der Waals surface area (Å²) in [5, 5.41) is 11.7. The summed E-state index contributed by atoms with van der Waals surface area (Å²) < 4.78 is 50.1. The van der Waals surface area contributed by atoms with Gasteiger partial charge in [0.2, 0.25) is 5.69 Å². The fraction of sp³-hybridized carbons (Fsp3) is 0.167. The molecule has 0 radical (unpaired) electrons. The molecule has 0 aliphatic rings. The van der Waals surface area contributed by atoms with Gasteiger partial charge in [0, 0.05) is 0 Å². The SMILES string of the molecule is O=C(n1ccnn1)n1nnc(C(F)(F)F)c1F. The zero-order valence-corrected chi connectivity index (χ0v) is 7.76. The van der Waals surface area contributed by atoms with Crippen LogP contribution in [0.3, 0.4) is 0 Å². The molecule has 0 bridgehead atoms. The normalized spacial score (nSPS) is 11.8. The molecule has 0 aliphatic carbocycles. The monoisotopic (exact) mass is 250 g/mol. The van der Waals surface area contributed by atoms with Crippen molar-refractivity contribution in [2.45, 2.75) is 6.18 Å². The summed E-state index contributed by atoms with van der Waals surface area (Å²) in [5.41, 5.74) is -1.87. The summed E-state index contributed by atoms with van der Waals surface area (Å²) in [5.74, 6) is -1.90. The van der Waals surface area contributed by atoms with Gasteiger partial charge in [-0.25, -0.2) is 4.79 Å². The first-order valence-corrected chi connectivity index (χ1v) is 4.00. The van der Waals surface area contributed by atoms with Crippen LogP contribution in [-0.2, 0) is 6.18 Å². The molecule has 0 amide bonds. The van der Waals surface area contributed by atoms with E-state index in [1.54, 1.807) is 0 Å². The minimum Gasteiger partial charge on any atom is -0.243 e. The summed E-state index contributed by atoms with van der Waals surface area (Å²) >= 11 is 0. The Labute approximate surface area is 89.6 Å². The average Bonchev–Trinajstić information content (AvgIpc) is 2.83. The van der Waals surface area contributed by atoms with E-state index in [-0.39, 0.29) is 4.68 Å². The molecular formula is C6H2F4N6O. The van der Waals surface area contributed by atoms with Crippen molar-refractivity contribution in [3.8, 4) is 0 Å². The number of aromatic nitrogens is 6. The second-order valence-electron chi connectivity index (χ2n) is 2.77. The Kier molecular flexibility index (Phi) is 2.37. The zero-order chi connectivity index (χ0) is 12.6. The van der Waals surface area contributed by atoms with Crippen molar-refractivity contribution >= 4 is 6.03 Å². The third-order valence-electron chi connectivity index (χ3n) is 1.68. The van der Waals surface area contributed by atoms with Gasteiger partial charge in [0.15, 0.2) is 0 Å². The molecule has 11 heteroatoms. The van der Waals surface area contributed by atoms with Crippen LogP contribution in [0.2, 0.25) is 0 Å². The molecule has 0 aromatic carbocycles. The second kappa shape index (κ2) is 3.61. The van der Waals surface area contributed by atoms with Crippen molar-refractivity contribution < 1.29 is 22.4 Å². The number of alkyl halides is 3. The van der Waals surface area contributed by atoms with E-state index < -0.39 is 23.8 Å². The fourth-order valence-corrected chi connectivity index (χ4v) is 0.973. The van der Waals surface area contributed by atoms with Crippen molar-refractivity contribution in [2.24, 2.45) is 0 Å². The topological polar surface area (TPSA) is 78.5 Å². The summed E-state index contributed by atoms with van der Waals surface area (Å²) in [7, 11) is 0. The minimum atomic E-state index is -5.02. The molecule has 0 unspecified atom stereocenters. The molecule has 2 heterocycles. The first kappa shape index (κ1) is 11.2. The number of carbonyl (C=O) groups is 1. The van der Waals surface area contributed by atoms with Crippen molar-refractivity contribution in [3.63, 3.8) is 0 Å². The molecule has 0 fully saturated rings. The highest BCUT2D eigenvalue weighted by Crippen LogP contribution is 2.29. The van der Waals surface area contributed by atoms with Crippen LogP contribution in [0.15, 0.2) is 12.4 Å². The van der Waals surface area contributed by atoms with Gasteiger partial charge in [0.1, 0.15) is 0 Å². The van der Waals surface area contributed by atoms with E-state index >= 15 is 0 Å². The maximum absolute atomic E-state index is 13.2. The molecule has 0 N–H and O–H groups in total. The lowest BCUT2D eigenvalue weighted by Crippen LogP contribution is -2.23. The van der Waals surface area contributed by atoms with E-state index in [4.69, 9.17) is 0 Å². The van der Waals surface area contributed by atoms with Crippen LogP contribution in [0.5, 0.6) is 0 Å². The van der Waals surface area contributed by atoms with Crippen LogP contribution in [-0.4, -0.2) is 36.0 Å². The molecule has 2 rings (SSSR count). The molecule has 90 valence electrons. The third-order valence-corrected chi connectivity index (χ3v) is 1.68. The Hall–Kier alpha value is -2.33. The van der Waals surface area contributed by atoms with Crippen molar-refractivity contribution in [2.75, 3.05) is 0 Å². The quantitative estimate of drug-likeness (QED) is 0.638. The van der Waals surface area contributed by atoms with E-state index in [0.717, 1.165) is 12.4 Å². The van der Waals surface area contributed by atoms with Crippen molar-refractivity contribution in [1.29, 1.82) is 0 Å². The molecule has 2 aromatic heterocycles. The van der Waals surface area contributed by atoms with Gasteiger partial charge in [-0.3, -0.25) is 0 Å². The largest absolute Gasteiger partial charge is 0.439 e. The number of hydrogen-bond donors (Lipinski definition) is 0. The first-order chi connectivity index (χ1) is 7.91. The maximum Gasteiger partial charge on any atom is 0.439 e. The predicted octanol–water partition coefficient (Wildman–Crippen LogP) is 0.544. The van der Waals surface area contributed by atoms with Crippen LogP contribution in [0, 0.1) is 5.95 Å². The van der Waals surface area contributed by atoms with Crippen LogP contribution in [0.25, 0.3) is 0 Å². The lowest BCUT2D eigenvalue weighted by atomic mass is 10.4. The summed E-state index contributed by atoms with van der Waals surface area (Å²) in [6.45, 7) is 0. The van der Waals surface area contributed by atoms with E-state index in [9.17, 15) is 22.4 Å².